The second kappa shape index (κ2) is 4.78. The minimum Gasteiger partial charge on any atom is -0.363 e. The number of H-pyrrole nitrogens is 1. The van der Waals surface area contributed by atoms with E-state index in [0.717, 1.165) is 5.69 Å². The molecular formula is C9H17N3O2S. The maximum atomic E-state index is 11.9. The summed E-state index contributed by atoms with van der Waals surface area (Å²) in [5, 5.41) is 2.95. The number of hydrogen-bond donors (Lipinski definition) is 2. The van der Waals surface area contributed by atoms with E-state index in [1.807, 2.05) is 7.05 Å². The second-order valence-electron chi connectivity index (χ2n) is 3.31. The first kappa shape index (κ1) is 12.2. The van der Waals surface area contributed by atoms with E-state index in [-0.39, 0.29) is 0 Å². The van der Waals surface area contributed by atoms with Gasteiger partial charge in [0, 0.05) is 32.0 Å². The Bertz CT molecular complexity index is 411. The van der Waals surface area contributed by atoms with Crippen LogP contribution in [0, 0.1) is 0 Å². The number of sulfonamides is 1. The van der Waals surface area contributed by atoms with Crippen LogP contribution in [0.1, 0.15) is 12.6 Å². The van der Waals surface area contributed by atoms with Gasteiger partial charge in [0.15, 0.2) is 0 Å². The zero-order valence-corrected chi connectivity index (χ0v) is 10.1. The van der Waals surface area contributed by atoms with Crippen molar-refractivity contribution in [2.24, 2.45) is 0 Å². The predicted octanol–water partition coefficient (Wildman–Crippen LogP) is 0.374. The number of nitrogens with zero attached hydrogens (tertiary/aromatic N) is 1. The third kappa shape index (κ3) is 2.58. The summed E-state index contributed by atoms with van der Waals surface area (Å²) in [5.74, 6) is 0. The van der Waals surface area contributed by atoms with E-state index in [2.05, 4.69) is 10.3 Å². The summed E-state index contributed by atoms with van der Waals surface area (Å²) in [6.45, 7) is 2.90. The predicted molar refractivity (Wildman–Crippen MR) is 59.0 cm³/mol. The van der Waals surface area contributed by atoms with Crippen molar-refractivity contribution < 1.29 is 8.42 Å². The van der Waals surface area contributed by atoms with Gasteiger partial charge in [0.2, 0.25) is 10.0 Å². The Morgan fingerprint density at radius 3 is 2.73 bits per heavy atom. The summed E-state index contributed by atoms with van der Waals surface area (Å²) in [6, 6.07) is 1.65. The molecule has 0 amide bonds. The molecule has 0 saturated carbocycles. The van der Waals surface area contributed by atoms with Crippen molar-refractivity contribution in [3.63, 3.8) is 0 Å². The van der Waals surface area contributed by atoms with E-state index in [0.29, 0.717) is 18.0 Å². The first-order valence-electron chi connectivity index (χ1n) is 4.80. The van der Waals surface area contributed by atoms with Crippen LogP contribution in [0.5, 0.6) is 0 Å². The summed E-state index contributed by atoms with van der Waals surface area (Å²) in [4.78, 5) is 3.24. The zero-order chi connectivity index (χ0) is 11.5. The average molecular weight is 231 g/mol. The Hall–Kier alpha value is -0.850. The van der Waals surface area contributed by atoms with Crippen LogP contribution >= 0.6 is 0 Å². The molecule has 1 heterocycles. The number of hydrogen-bond acceptors (Lipinski definition) is 3. The molecule has 5 nitrogen and oxygen atoms in total. The highest BCUT2D eigenvalue weighted by atomic mass is 32.2. The van der Waals surface area contributed by atoms with Gasteiger partial charge >= 0.3 is 0 Å². The molecule has 0 spiro atoms. The number of aromatic nitrogens is 1. The lowest BCUT2D eigenvalue weighted by atomic mass is 10.4. The first-order chi connectivity index (χ1) is 7.02. The molecule has 6 heteroatoms. The number of aromatic amines is 1. The van der Waals surface area contributed by atoms with Crippen molar-refractivity contribution in [3.8, 4) is 0 Å². The largest absolute Gasteiger partial charge is 0.363 e. The molecule has 2 N–H and O–H groups in total. The van der Waals surface area contributed by atoms with Gasteiger partial charge in [-0.25, -0.2) is 12.7 Å². The maximum Gasteiger partial charge on any atom is 0.244 e. The molecule has 1 rings (SSSR count). The normalized spacial score (nSPS) is 12.3. The van der Waals surface area contributed by atoms with E-state index in [9.17, 15) is 8.42 Å². The highest BCUT2D eigenvalue weighted by Gasteiger charge is 2.20. The third-order valence-electron chi connectivity index (χ3n) is 2.24. The molecule has 1 aromatic heterocycles. The van der Waals surface area contributed by atoms with Gasteiger partial charge < -0.3 is 10.3 Å². The van der Waals surface area contributed by atoms with Crippen molar-refractivity contribution in [3.05, 3.63) is 18.0 Å². The number of rotatable bonds is 5. The van der Waals surface area contributed by atoms with E-state index in [4.69, 9.17) is 0 Å². The Balaban J connectivity index is 2.96. The Labute approximate surface area is 90.5 Å². The van der Waals surface area contributed by atoms with Gasteiger partial charge in [-0.05, 0) is 13.1 Å². The Morgan fingerprint density at radius 1 is 1.53 bits per heavy atom. The summed E-state index contributed by atoms with van der Waals surface area (Å²) in [5.41, 5.74) is 0.862. The minimum atomic E-state index is -3.31. The molecule has 0 aliphatic rings. The molecule has 1 aromatic rings. The van der Waals surface area contributed by atoms with Crippen LogP contribution in [-0.4, -0.2) is 38.3 Å². The molecule has 0 aromatic carbocycles. The van der Waals surface area contributed by atoms with Crippen LogP contribution in [0.4, 0.5) is 0 Å². The van der Waals surface area contributed by atoms with Gasteiger partial charge in [-0.3, -0.25) is 0 Å². The van der Waals surface area contributed by atoms with E-state index in [1.165, 1.54) is 10.5 Å². The lowest BCUT2D eigenvalue weighted by Crippen LogP contribution is -2.26. The smallest absolute Gasteiger partial charge is 0.244 e. The Kier molecular flexibility index (Phi) is 3.90. The van der Waals surface area contributed by atoms with Crippen LogP contribution in [0.2, 0.25) is 0 Å². The first-order valence-corrected chi connectivity index (χ1v) is 6.24. The monoisotopic (exact) mass is 231 g/mol. The van der Waals surface area contributed by atoms with Crippen LogP contribution in [0.25, 0.3) is 0 Å². The van der Waals surface area contributed by atoms with Crippen LogP contribution < -0.4 is 5.32 Å². The standard InChI is InChI=1S/C9H17N3O2S/c1-4-12(3)15(13,14)9-5-8(6-10-2)11-7-9/h5,7,10-11H,4,6H2,1-3H3. The topological polar surface area (TPSA) is 65.2 Å². The summed E-state index contributed by atoms with van der Waals surface area (Å²) >= 11 is 0. The highest BCUT2D eigenvalue weighted by Crippen LogP contribution is 2.14. The molecule has 0 radical (unpaired) electrons. The molecule has 0 saturated heterocycles. The lowest BCUT2D eigenvalue weighted by molar-refractivity contribution is 0.486. The van der Waals surface area contributed by atoms with Gasteiger partial charge in [-0.15, -0.1) is 0 Å². The maximum absolute atomic E-state index is 11.9. The van der Waals surface area contributed by atoms with Crippen molar-refractivity contribution in [2.75, 3.05) is 20.6 Å². The fraction of sp³-hybridized carbons (Fsp3) is 0.556. The lowest BCUT2D eigenvalue weighted by Gasteiger charge is -2.12. The van der Waals surface area contributed by atoms with Crippen LogP contribution in [0.15, 0.2) is 17.2 Å². The molecule has 86 valence electrons. The summed E-state index contributed by atoms with van der Waals surface area (Å²) in [6.07, 6.45) is 1.52. The molecule has 15 heavy (non-hydrogen) atoms. The van der Waals surface area contributed by atoms with Gasteiger partial charge in [0.25, 0.3) is 0 Å². The van der Waals surface area contributed by atoms with Crippen molar-refractivity contribution in [2.45, 2.75) is 18.4 Å². The molecule has 0 fully saturated rings. The van der Waals surface area contributed by atoms with Crippen molar-refractivity contribution in [1.82, 2.24) is 14.6 Å². The average Bonchev–Trinajstić information content (AvgIpc) is 2.66. The van der Waals surface area contributed by atoms with Crippen molar-refractivity contribution >= 4 is 10.0 Å². The molecule has 0 aliphatic carbocycles. The molecule has 0 bridgehead atoms. The van der Waals surface area contributed by atoms with Crippen molar-refractivity contribution in [1.29, 1.82) is 0 Å². The van der Waals surface area contributed by atoms with E-state index < -0.39 is 10.0 Å². The molecule has 0 unspecified atom stereocenters. The SMILES string of the molecule is CCN(C)S(=O)(=O)c1c[nH]c(CNC)c1. The molecular weight excluding hydrogens is 214 g/mol. The quantitative estimate of drug-likeness (QED) is 0.769. The number of nitrogens with one attached hydrogen (secondary N) is 2. The summed E-state index contributed by atoms with van der Waals surface area (Å²) < 4.78 is 25.1. The fourth-order valence-corrected chi connectivity index (χ4v) is 2.41. The van der Waals surface area contributed by atoms with E-state index >= 15 is 0 Å². The minimum absolute atomic E-state index is 0.317. The second-order valence-corrected chi connectivity index (χ2v) is 5.36. The zero-order valence-electron chi connectivity index (χ0n) is 9.24. The van der Waals surface area contributed by atoms with Gasteiger partial charge in [0.1, 0.15) is 0 Å². The Morgan fingerprint density at radius 2 is 2.20 bits per heavy atom. The molecule has 0 aliphatic heterocycles. The van der Waals surface area contributed by atoms with Gasteiger partial charge in [-0.2, -0.15) is 0 Å². The van der Waals surface area contributed by atoms with Crippen LogP contribution in [0.3, 0.4) is 0 Å². The fourth-order valence-electron chi connectivity index (χ4n) is 1.21. The van der Waals surface area contributed by atoms with Gasteiger partial charge in [-0.1, -0.05) is 6.92 Å². The summed E-state index contributed by atoms with van der Waals surface area (Å²) in [7, 11) is 0.0700. The highest BCUT2D eigenvalue weighted by molar-refractivity contribution is 7.89. The molecule has 0 atom stereocenters. The van der Waals surface area contributed by atoms with Gasteiger partial charge in [0.05, 0.1) is 4.90 Å². The van der Waals surface area contributed by atoms with E-state index in [1.54, 1.807) is 20.0 Å². The third-order valence-corrected chi connectivity index (χ3v) is 4.15. The van der Waals surface area contributed by atoms with Crippen LogP contribution in [-0.2, 0) is 16.6 Å².